The summed E-state index contributed by atoms with van der Waals surface area (Å²) in [4.78, 5) is 51.3. The van der Waals surface area contributed by atoms with E-state index in [0.717, 1.165) is 4.90 Å². The SMILES string of the molecule is CC1(C)C(=O)NC(=O)CN1C(=O)c1cccc(C(=O)O)n1. The molecule has 1 fully saturated rings. The Bertz CT molecular complexity index is 653. The van der Waals surface area contributed by atoms with Crippen molar-refractivity contribution < 1.29 is 24.3 Å². The number of nitrogens with one attached hydrogen (secondary N) is 1. The average Bonchev–Trinajstić information content (AvgIpc) is 2.42. The maximum Gasteiger partial charge on any atom is 0.354 e. The van der Waals surface area contributed by atoms with Crippen molar-refractivity contribution in [2.75, 3.05) is 6.54 Å². The zero-order valence-corrected chi connectivity index (χ0v) is 11.4. The number of amides is 3. The van der Waals surface area contributed by atoms with Crippen LogP contribution in [0.5, 0.6) is 0 Å². The summed E-state index contributed by atoms with van der Waals surface area (Å²) in [6, 6.07) is 3.96. The van der Waals surface area contributed by atoms with Crippen LogP contribution in [-0.4, -0.2) is 50.8 Å². The molecular weight excluding hydrogens is 278 g/mol. The third-order valence-electron chi connectivity index (χ3n) is 3.22. The van der Waals surface area contributed by atoms with Gasteiger partial charge in [-0.25, -0.2) is 9.78 Å². The Morgan fingerprint density at radius 3 is 2.52 bits per heavy atom. The molecule has 21 heavy (non-hydrogen) atoms. The van der Waals surface area contributed by atoms with Gasteiger partial charge in [-0.2, -0.15) is 0 Å². The predicted molar refractivity (Wildman–Crippen MR) is 69.5 cm³/mol. The van der Waals surface area contributed by atoms with Gasteiger partial charge in [0.05, 0.1) is 0 Å². The number of hydrogen-bond acceptors (Lipinski definition) is 5. The minimum Gasteiger partial charge on any atom is -0.477 e. The van der Waals surface area contributed by atoms with Crippen molar-refractivity contribution in [3.8, 4) is 0 Å². The Hall–Kier alpha value is -2.77. The number of aromatic carboxylic acids is 1. The number of carbonyl (C=O) groups excluding carboxylic acids is 3. The molecule has 8 heteroatoms. The second-order valence-electron chi connectivity index (χ2n) is 5.04. The average molecular weight is 291 g/mol. The van der Waals surface area contributed by atoms with E-state index in [-0.39, 0.29) is 17.9 Å². The van der Waals surface area contributed by atoms with Crippen LogP contribution >= 0.6 is 0 Å². The van der Waals surface area contributed by atoms with Crippen LogP contribution in [0.3, 0.4) is 0 Å². The van der Waals surface area contributed by atoms with Gasteiger partial charge in [0, 0.05) is 0 Å². The number of imide groups is 1. The Balaban J connectivity index is 2.38. The summed E-state index contributed by atoms with van der Waals surface area (Å²) in [7, 11) is 0. The molecule has 2 rings (SSSR count). The Kier molecular flexibility index (Phi) is 3.46. The van der Waals surface area contributed by atoms with Gasteiger partial charge >= 0.3 is 5.97 Å². The molecule has 0 atom stereocenters. The van der Waals surface area contributed by atoms with E-state index in [0.29, 0.717) is 0 Å². The van der Waals surface area contributed by atoms with Crippen LogP contribution in [0.15, 0.2) is 18.2 Å². The van der Waals surface area contributed by atoms with E-state index in [1.165, 1.54) is 32.0 Å². The first-order valence-electron chi connectivity index (χ1n) is 6.10. The standard InChI is InChI=1S/C13H13N3O5/c1-13(2)12(21)15-9(17)6-16(13)10(18)7-4-3-5-8(14-7)11(19)20/h3-5H,6H2,1-2H3,(H,19,20)(H,15,17,21). The smallest absolute Gasteiger partial charge is 0.354 e. The maximum absolute atomic E-state index is 12.4. The van der Waals surface area contributed by atoms with Gasteiger partial charge in [-0.1, -0.05) is 6.07 Å². The highest BCUT2D eigenvalue weighted by molar-refractivity contribution is 6.08. The largest absolute Gasteiger partial charge is 0.477 e. The molecule has 1 aromatic rings. The minimum atomic E-state index is -1.27. The number of piperazine rings is 1. The summed E-state index contributed by atoms with van der Waals surface area (Å²) in [6.07, 6.45) is 0. The summed E-state index contributed by atoms with van der Waals surface area (Å²) in [5.74, 6) is -3.13. The van der Waals surface area contributed by atoms with Crippen molar-refractivity contribution in [2.24, 2.45) is 0 Å². The van der Waals surface area contributed by atoms with E-state index in [1.54, 1.807) is 0 Å². The van der Waals surface area contributed by atoms with Crippen molar-refractivity contribution in [1.82, 2.24) is 15.2 Å². The maximum atomic E-state index is 12.4. The van der Waals surface area contributed by atoms with Crippen LogP contribution in [0.4, 0.5) is 0 Å². The fourth-order valence-corrected chi connectivity index (χ4v) is 1.92. The highest BCUT2D eigenvalue weighted by Gasteiger charge is 2.44. The third-order valence-corrected chi connectivity index (χ3v) is 3.22. The molecule has 2 N–H and O–H groups in total. The Labute approximate surface area is 119 Å². The van der Waals surface area contributed by atoms with Gasteiger partial charge in [0.2, 0.25) is 5.91 Å². The van der Waals surface area contributed by atoms with Crippen molar-refractivity contribution in [3.63, 3.8) is 0 Å². The lowest BCUT2D eigenvalue weighted by Gasteiger charge is -2.39. The van der Waals surface area contributed by atoms with E-state index in [4.69, 9.17) is 5.11 Å². The number of carboxylic acids is 1. The molecule has 0 saturated carbocycles. The quantitative estimate of drug-likeness (QED) is 0.720. The minimum absolute atomic E-state index is 0.134. The van der Waals surface area contributed by atoms with Crippen LogP contribution in [0.1, 0.15) is 34.8 Å². The molecule has 1 aromatic heterocycles. The summed E-state index contributed by atoms with van der Waals surface area (Å²) >= 11 is 0. The number of hydrogen-bond donors (Lipinski definition) is 2. The van der Waals surface area contributed by atoms with E-state index in [1.807, 2.05) is 0 Å². The molecule has 0 spiro atoms. The first-order chi connectivity index (χ1) is 9.73. The number of carbonyl (C=O) groups is 4. The molecule has 8 nitrogen and oxygen atoms in total. The van der Waals surface area contributed by atoms with Gasteiger partial charge in [0.15, 0.2) is 0 Å². The second kappa shape index (κ2) is 4.97. The van der Waals surface area contributed by atoms with Crippen LogP contribution < -0.4 is 5.32 Å². The predicted octanol–water partition coefficient (Wildman–Crippen LogP) is -0.343. The Morgan fingerprint density at radius 1 is 1.29 bits per heavy atom. The number of carboxylic acid groups (broad SMARTS) is 1. The number of nitrogens with zero attached hydrogens (tertiary/aromatic N) is 2. The summed E-state index contributed by atoms with van der Waals surface area (Å²) < 4.78 is 0. The van der Waals surface area contributed by atoms with Crippen molar-refractivity contribution >= 4 is 23.7 Å². The summed E-state index contributed by atoms with van der Waals surface area (Å²) in [6.45, 7) is 2.69. The van der Waals surface area contributed by atoms with E-state index >= 15 is 0 Å². The second-order valence-corrected chi connectivity index (χ2v) is 5.04. The first kappa shape index (κ1) is 14.6. The lowest BCUT2D eigenvalue weighted by Crippen LogP contribution is -2.65. The fourth-order valence-electron chi connectivity index (χ4n) is 1.92. The highest BCUT2D eigenvalue weighted by Crippen LogP contribution is 2.20. The molecule has 1 aliphatic heterocycles. The molecule has 110 valence electrons. The van der Waals surface area contributed by atoms with Gasteiger partial charge in [0.1, 0.15) is 23.5 Å². The van der Waals surface area contributed by atoms with Crippen LogP contribution in [-0.2, 0) is 9.59 Å². The first-order valence-corrected chi connectivity index (χ1v) is 6.10. The molecule has 2 heterocycles. The van der Waals surface area contributed by atoms with Gasteiger partial charge in [-0.15, -0.1) is 0 Å². The molecule has 0 aliphatic carbocycles. The monoisotopic (exact) mass is 291 g/mol. The molecule has 0 aromatic carbocycles. The van der Waals surface area contributed by atoms with E-state index < -0.39 is 29.2 Å². The molecule has 1 aliphatic rings. The molecule has 3 amide bonds. The molecule has 0 unspecified atom stereocenters. The molecule has 0 bridgehead atoms. The number of aromatic nitrogens is 1. The van der Waals surface area contributed by atoms with Crippen LogP contribution in [0.2, 0.25) is 0 Å². The van der Waals surface area contributed by atoms with E-state index in [2.05, 4.69) is 10.3 Å². The van der Waals surface area contributed by atoms with Crippen molar-refractivity contribution in [3.05, 3.63) is 29.6 Å². The molecular formula is C13H13N3O5. The van der Waals surface area contributed by atoms with Crippen molar-refractivity contribution in [1.29, 1.82) is 0 Å². The molecule has 1 saturated heterocycles. The molecule has 0 radical (unpaired) electrons. The van der Waals surface area contributed by atoms with Gasteiger partial charge in [-0.3, -0.25) is 19.7 Å². The third kappa shape index (κ3) is 2.60. The zero-order chi connectivity index (χ0) is 15.8. The van der Waals surface area contributed by atoms with Crippen molar-refractivity contribution in [2.45, 2.75) is 19.4 Å². The number of rotatable bonds is 2. The zero-order valence-electron chi connectivity index (χ0n) is 11.4. The van der Waals surface area contributed by atoms with Crippen LogP contribution in [0.25, 0.3) is 0 Å². The van der Waals surface area contributed by atoms with E-state index in [9.17, 15) is 19.2 Å². The fraction of sp³-hybridized carbons (Fsp3) is 0.308. The lowest BCUT2D eigenvalue weighted by molar-refractivity contribution is -0.143. The lowest BCUT2D eigenvalue weighted by atomic mass is 9.98. The van der Waals surface area contributed by atoms with Crippen LogP contribution in [0, 0.1) is 0 Å². The van der Waals surface area contributed by atoms with Gasteiger partial charge < -0.3 is 10.0 Å². The van der Waals surface area contributed by atoms with Gasteiger partial charge in [-0.05, 0) is 26.0 Å². The summed E-state index contributed by atoms with van der Waals surface area (Å²) in [5.41, 5.74) is -1.65. The normalized spacial score (nSPS) is 17.3. The highest BCUT2D eigenvalue weighted by atomic mass is 16.4. The summed E-state index contributed by atoms with van der Waals surface area (Å²) in [5, 5.41) is 11.0. The number of pyridine rings is 1. The Morgan fingerprint density at radius 2 is 1.90 bits per heavy atom. The topological polar surface area (TPSA) is 117 Å². The van der Waals surface area contributed by atoms with Gasteiger partial charge in [0.25, 0.3) is 11.8 Å².